The Morgan fingerprint density at radius 1 is 1.26 bits per heavy atom. The topological polar surface area (TPSA) is 66.5 Å². The first-order chi connectivity index (χ1) is 10.9. The smallest absolute Gasteiger partial charge is 0.251 e. The van der Waals surface area contributed by atoms with E-state index in [0.29, 0.717) is 0 Å². The third kappa shape index (κ3) is 3.90. The number of carbonyl (C=O) groups excluding carboxylic acids is 1. The second-order valence-electron chi connectivity index (χ2n) is 5.69. The molecule has 1 N–H and O–H groups in total. The minimum atomic E-state index is -3.94. The van der Waals surface area contributed by atoms with E-state index >= 15 is 0 Å². The van der Waals surface area contributed by atoms with Crippen molar-refractivity contribution < 1.29 is 17.6 Å². The van der Waals surface area contributed by atoms with Gasteiger partial charge in [0.25, 0.3) is 5.91 Å². The van der Waals surface area contributed by atoms with Gasteiger partial charge < -0.3 is 5.32 Å². The molecule has 128 valence electrons. The number of sulfonamides is 1. The lowest BCUT2D eigenvalue weighted by Crippen LogP contribution is -2.33. The van der Waals surface area contributed by atoms with E-state index in [1.54, 1.807) is 13.8 Å². The Balaban J connectivity index is 2.29. The van der Waals surface area contributed by atoms with Crippen LogP contribution in [-0.2, 0) is 10.0 Å². The molecule has 0 aliphatic heterocycles. The first kappa shape index (κ1) is 17.9. The van der Waals surface area contributed by atoms with Crippen molar-refractivity contribution in [3.8, 4) is 0 Å². The predicted octanol–water partition coefficient (Wildman–Crippen LogP) is 2.53. The zero-order valence-electron chi connectivity index (χ0n) is 13.5. The number of halogens is 1. The fraction of sp³-hybridized carbons (Fsp3) is 0.562. The summed E-state index contributed by atoms with van der Waals surface area (Å²) in [6.07, 6.45) is 4.01. The monoisotopic (exact) mass is 342 g/mol. The van der Waals surface area contributed by atoms with Gasteiger partial charge in [0.15, 0.2) is 0 Å². The van der Waals surface area contributed by atoms with E-state index in [9.17, 15) is 17.6 Å². The standard InChI is InChI=1S/C16H23FN2O3S/c1-3-19(4-2)23(21,22)15-11-12(9-10-14(15)17)16(20)18-13-7-5-6-8-13/h9-11,13H,3-8H2,1-2H3,(H,18,20). The first-order valence-electron chi connectivity index (χ1n) is 8.00. The van der Waals surface area contributed by atoms with Gasteiger partial charge in [-0.05, 0) is 31.0 Å². The molecule has 1 aliphatic rings. The molecule has 0 atom stereocenters. The minimum absolute atomic E-state index is 0.121. The summed E-state index contributed by atoms with van der Waals surface area (Å²) < 4.78 is 40.2. The molecule has 1 aliphatic carbocycles. The van der Waals surface area contributed by atoms with Crippen LogP contribution in [0.3, 0.4) is 0 Å². The van der Waals surface area contributed by atoms with E-state index < -0.39 is 20.7 Å². The van der Waals surface area contributed by atoms with Crippen molar-refractivity contribution in [1.82, 2.24) is 9.62 Å². The van der Waals surface area contributed by atoms with Crippen molar-refractivity contribution in [2.24, 2.45) is 0 Å². The van der Waals surface area contributed by atoms with E-state index in [1.807, 2.05) is 0 Å². The van der Waals surface area contributed by atoms with Gasteiger partial charge in [-0.2, -0.15) is 4.31 Å². The minimum Gasteiger partial charge on any atom is -0.349 e. The molecule has 5 nitrogen and oxygen atoms in total. The zero-order valence-corrected chi connectivity index (χ0v) is 14.3. The Bertz CT molecular complexity index is 666. The third-order valence-electron chi connectivity index (χ3n) is 4.21. The van der Waals surface area contributed by atoms with Crippen molar-refractivity contribution in [3.05, 3.63) is 29.6 Å². The van der Waals surface area contributed by atoms with E-state index in [2.05, 4.69) is 5.32 Å². The average Bonchev–Trinajstić information content (AvgIpc) is 3.01. The number of amides is 1. The lowest BCUT2D eigenvalue weighted by molar-refractivity contribution is 0.0937. The van der Waals surface area contributed by atoms with Gasteiger partial charge in [0.1, 0.15) is 10.7 Å². The highest BCUT2D eigenvalue weighted by atomic mass is 32.2. The molecule has 0 aromatic heterocycles. The second-order valence-corrected chi connectivity index (χ2v) is 7.60. The zero-order chi connectivity index (χ0) is 17.0. The van der Waals surface area contributed by atoms with Crippen molar-refractivity contribution in [3.63, 3.8) is 0 Å². The molecule has 1 saturated carbocycles. The van der Waals surface area contributed by atoms with E-state index in [4.69, 9.17) is 0 Å². The van der Waals surface area contributed by atoms with Crippen LogP contribution in [0.4, 0.5) is 4.39 Å². The van der Waals surface area contributed by atoms with Crippen molar-refractivity contribution >= 4 is 15.9 Å². The highest BCUT2D eigenvalue weighted by molar-refractivity contribution is 7.89. The van der Waals surface area contributed by atoms with Gasteiger partial charge in [-0.3, -0.25) is 4.79 Å². The number of rotatable bonds is 6. The Labute approximate surface area is 136 Å². The highest BCUT2D eigenvalue weighted by Crippen LogP contribution is 2.22. The van der Waals surface area contributed by atoms with Crippen LogP contribution in [0, 0.1) is 5.82 Å². The van der Waals surface area contributed by atoms with Crippen molar-refractivity contribution in [1.29, 1.82) is 0 Å². The van der Waals surface area contributed by atoms with Crippen LogP contribution in [0.5, 0.6) is 0 Å². The lowest BCUT2D eigenvalue weighted by Gasteiger charge is -2.19. The number of hydrogen-bond acceptors (Lipinski definition) is 3. The van der Waals surface area contributed by atoms with Crippen molar-refractivity contribution in [2.75, 3.05) is 13.1 Å². The summed E-state index contributed by atoms with van der Waals surface area (Å²) in [7, 11) is -3.94. The number of hydrogen-bond donors (Lipinski definition) is 1. The van der Waals surface area contributed by atoms with Crippen LogP contribution < -0.4 is 5.32 Å². The maximum Gasteiger partial charge on any atom is 0.251 e. The molecule has 0 radical (unpaired) electrons. The molecule has 23 heavy (non-hydrogen) atoms. The average molecular weight is 342 g/mol. The van der Waals surface area contributed by atoms with E-state index in [1.165, 1.54) is 10.4 Å². The number of benzene rings is 1. The van der Waals surface area contributed by atoms with E-state index in [-0.39, 0.29) is 30.6 Å². The van der Waals surface area contributed by atoms with Crippen LogP contribution in [0.2, 0.25) is 0 Å². The fourth-order valence-corrected chi connectivity index (χ4v) is 4.43. The predicted molar refractivity (Wildman–Crippen MR) is 86.2 cm³/mol. The molecule has 1 amide bonds. The molecular weight excluding hydrogens is 319 g/mol. The van der Waals surface area contributed by atoms with Crippen LogP contribution in [0.15, 0.2) is 23.1 Å². The summed E-state index contributed by atoms with van der Waals surface area (Å²) in [6.45, 7) is 3.87. The van der Waals surface area contributed by atoms with Gasteiger partial charge in [0.05, 0.1) is 0 Å². The number of nitrogens with one attached hydrogen (secondary N) is 1. The van der Waals surface area contributed by atoms with Crippen LogP contribution in [0.25, 0.3) is 0 Å². The van der Waals surface area contributed by atoms with Crippen LogP contribution in [-0.4, -0.2) is 37.8 Å². The molecule has 1 fully saturated rings. The highest BCUT2D eigenvalue weighted by Gasteiger charge is 2.27. The van der Waals surface area contributed by atoms with Gasteiger partial charge in [0.2, 0.25) is 10.0 Å². The van der Waals surface area contributed by atoms with Crippen LogP contribution >= 0.6 is 0 Å². The molecule has 0 unspecified atom stereocenters. The fourth-order valence-electron chi connectivity index (χ4n) is 2.88. The Hall–Kier alpha value is -1.47. The van der Waals surface area contributed by atoms with Crippen molar-refractivity contribution in [2.45, 2.75) is 50.5 Å². The van der Waals surface area contributed by atoms with Gasteiger partial charge in [0, 0.05) is 24.7 Å². The molecule has 0 spiro atoms. The van der Waals surface area contributed by atoms with Crippen LogP contribution in [0.1, 0.15) is 49.9 Å². The van der Waals surface area contributed by atoms with Gasteiger partial charge in [-0.15, -0.1) is 0 Å². The summed E-state index contributed by atoms with van der Waals surface area (Å²) >= 11 is 0. The maximum absolute atomic E-state index is 14.0. The lowest BCUT2D eigenvalue weighted by atomic mass is 10.2. The quantitative estimate of drug-likeness (QED) is 0.864. The molecule has 0 saturated heterocycles. The van der Waals surface area contributed by atoms with Gasteiger partial charge in [-0.25, -0.2) is 12.8 Å². The summed E-state index contributed by atoms with van der Waals surface area (Å²) in [4.78, 5) is 11.8. The molecule has 1 aromatic rings. The Morgan fingerprint density at radius 3 is 2.43 bits per heavy atom. The third-order valence-corrected chi connectivity index (χ3v) is 6.27. The second kappa shape index (κ2) is 7.40. The molecule has 0 bridgehead atoms. The number of nitrogens with zero attached hydrogens (tertiary/aromatic N) is 1. The maximum atomic E-state index is 14.0. The Kier molecular flexibility index (Phi) is 5.75. The first-order valence-corrected chi connectivity index (χ1v) is 9.44. The Morgan fingerprint density at radius 2 is 1.87 bits per heavy atom. The van der Waals surface area contributed by atoms with Gasteiger partial charge >= 0.3 is 0 Å². The summed E-state index contributed by atoms with van der Waals surface area (Å²) in [5.74, 6) is -1.19. The molecule has 2 rings (SSSR count). The molecule has 7 heteroatoms. The molecule has 0 heterocycles. The SMILES string of the molecule is CCN(CC)S(=O)(=O)c1cc(C(=O)NC2CCCC2)ccc1F. The largest absolute Gasteiger partial charge is 0.349 e. The normalized spacial score (nSPS) is 16.0. The molecular formula is C16H23FN2O3S. The van der Waals surface area contributed by atoms with E-state index in [0.717, 1.165) is 37.8 Å². The van der Waals surface area contributed by atoms with Gasteiger partial charge in [-0.1, -0.05) is 26.7 Å². The summed E-state index contributed by atoms with van der Waals surface area (Å²) in [5, 5.41) is 2.88. The summed E-state index contributed by atoms with van der Waals surface area (Å²) in [5.41, 5.74) is 0.170. The summed E-state index contributed by atoms with van der Waals surface area (Å²) in [6, 6.07) is 3.61. The molecule has 1 aromatic carbocycles. The number of carbonyl (C=O) groups is 1.